The van der Waals surface area contributed by atoms with Crippen molar-refractivity contribution in [2.75, 3.05) is 54.7 Å². The Bertz CT molecular complexity index is 3660. The molecule has 3 N–H and O–H groups in total. The van der Waals surface area contributed by atoms with Gasteiger partial charge in [-0.25, -0.2) is 9.59 Å². The molecule has 2 saturated carbocycles. The van der Waals surface area contributed by atoms with Gasteiger partial charge in [0.2, 0.25) is 11.6 Å². The van der Waals surface area contributed by atoms with Crippen LogP contribution in [0.5, 0.6) is 0 Å². The minimum absolute atomic E-state index is 0.0146. The summed E-state index contributed by atoms with van der Waals surface area (Å²) in [7, 11) is 5.88. The lowest BCUT2D eigenvalue weighted by Crippen LogP contribution is -2.61. The molecule has 1 unspecified atom stereocenters. The fourth-order valence-corrected chi connectivity index (χ4v) is 18.4. The number of amides is 1. The molecule has 4 aliphatic heterocycles. The predicted octanol–water partition coefficient (Wildman–Crippen LogP) is 10.8. The molecule has 21 atom stereocenters. The maximum absolute atomic E-state index is 14.9. The molecule has 8 aliphatic rings. The van der Waals surface area contributed by atoms with Crippen LogP contribution in [-0.4, -0.2) is 212 Å². The molecule has 0 aromatic carbocycles. The van der Waals surface area contributed by atoms with Crippen LogP contribution in [0.15, 0.2) is 107 Å². The van der Waals surface area contributed by atoms with Crippen LogP contribution in [0.1, 0.15) is 191 Å². The molecular formula is C86H122N2O23. The van der Waals surface area contributed by atoms with Gasteiger partial charge in [-0.05, 0) is 157 Å². The van der Waals surface area contributed by atoms with Crippen LogP contribution in [-0.2, 0) is 95.3 Å². The average molecular weight is 1550 g/mol. The van der Waals surface area contributed by atoms with Gasteiger partial charge < -0.3 is 72.5 Å². The Morgan fingerprint density at radius 3 is 2.13 bits per heavy atom. The maximum atomic E-state index is 14.9. The Labute approximate surface area is 654 Å². The van der Waals surface area contributed by atoms with Crippen LogP contribution in [0.25, 0.3) is 0 Å². The van der Waals surface area contributed by atoms with Crippen molar-refractivity contribution in [2.45, 2.75) is 264 Å². The van der Waals surface area contributed by atoms with Gasteiger partial charge >= 0.3 is 29.8 Å². The number of ether oxygens (including phenoxy) is 10. The van der Waals surface area contributed by atoms with Gasteiger partial charge in [-0.2, -0.15) is 0 Å². The van der Waals surface area contributed by atoms with Gasteiger partial charge in [0.25, 0.3) is 11.7 Å². The number of carbonyl (C=O) groups excluding carboxylic acids is 10. The van der Waals surface area contributed by atoms with Crippen LogP contribution in [0.4, 0.5) is 0 Å². The van der Waals surface area contributed by atoms with E-state index >= 15 is 0 Å². The number of hydrogen-bond donors (Lipinski definition) is 3. The van der Waals surface area contributed by atoms with Crippen molar-refractivity contribution >= 4 is 58.9 Å². The second kappa shape index (κ2) is 39.5. The van der Waals surface area contributed by atoms with Gasteiger partial charge in [-0.1, -0.05) is 90.2 Å². The molecule has 8 rings (SSSR count). The molecule has 25 nitrogen and oxygen atoms in total. The molecule has 25 heteroatoms. The zero-order valence-electron chi connectivity index (χ0n) is 67.7. The van der Waals surface area contributed by atoms with Gasteiger partial charge in [0.15, 0.2) is 11.5 Å². The standard InChI is InChI=1S/C86H122N2O23/c1-17-37-87(38-18-2)47-59-73-78(96)77(95)72-60-34-36-68(84(60,11)46-67(106-56(10)89)74(72)85(73,12)69(48-102-13)110-82(59)99)109-71(92)30-23-22-29-70(91)107-63-35-32-57(43-66(63)104-15)42-52(6)65-45-62(90)51(5)41-54(8)76(94)79(105-16)75(93)53(7)40-49(3)26-20-19-21-27-50(4)64(103-14)44-58-33-31-55(9)86(101,111-58)80(97)81(98)88-39-25-24-28-61(88)83(100)108-65/h17-21,26-27,41,47,49,51-53,55,57-58,60-61,63-69,76,79,94,96,101H,1-2,22-25,28-40,42-46,48H2,3-16H3/b21-19+,26-20+,50-27+,54-41+,59-47-/t49-,51-,52-,53-,55-,57+,58+,60?,61+,63-,64+,65+,66-,67-,68+,69-,76-,79+,84+,85+,86-/m1/s1. The lowest BCUT2D eigenvalue weighted by Gasteiger charge is -2.54. The molecule has 3 saturated heterocycles. The second-order valence-electron chi connectivity index (χ2n) is 32.7. The maximum Gasteiger partial charge on any atom is 0.340 e. The van der Waals surface area contributed by atoms with E-state index in [0.29, 0.717) is 94.9 Å². The molecule has 0 spiro atoms. The fourth-order valence-electron chi connectivity index (χ4n) is 18.4. The van der Waals surface area contributed by atoms with Crippen LogP contribution in [0.3, 0.4) is 0 Å². The monoisotopic (exact) mass is 1550 g/mol. The number of aliphatic hydroxyl groups excluding tert-OH is 2. The van der Waals surface area contributed by atoms with Crippen molar-refractivity contribution in [3.63, 3.8) is 0 Å². The van der Waals surface area contributed by atoms with Gasteiger partial charge in [0, 0.05) is 121 Å². The van der Waals surface area contributed by atoms with Crippen LogP contribution < -0.4 is 0 Å². The van der Waals surface area contributed by atoms with Crippen molar-refractivity contribution in [3.05, 3.63) is 107 Å². The summed E-state index contributed by atoms with van der Waals surface area (Å²) in [6.45, 7) is 25.5. The first-order valence-electron chi connectivity index (χ1n) is 39.8. The number of allylic oxidation sites excluding steroid dienone is 7. The molecule has 0 aromatic heterocycles. The Morgan fingerprint density at radius 2 is 1.48 bits per heavy atom. The third-order valence-corrected chi connectivity index (χ3v) is 24.7. The molecule has 0 radical (unpaired) electrons. The number of aliphatic hydroxyl groups is 3. The number of fused-ring (bicyclic) bond motifs is 7. The molecule has 4 heterocycles. The minimum atomic E-state index is -2.51. The molecule has 0 aromatic rings. The van der Waals surface area contributed by atoms with Gasteiger partial charge in [-0.15, -0.1) is 13.2 Å². The lowest BCUT2D eigenvalue weighted by molar-refractivity contribution is -0.265. The first kappa shape index (κ1) is 89.0. The van der Waals surface area contributed by atoms with E-state index in [1.807, 2.05) is 58.1 Å². The SMILES string of the molecule is C=CCN(/C=C1\C(=O)O[C@H](COC)[C@@]2(C)C1=C(O)C(=O)C1=C2[C@H](OC(C)=O)C[C@@]2(C)C1CC[C@@H]2OC(=O)CCCCC(=O)O[C@@H]1CC[C@@H](C[C@@H](C)[C@@H]2CC(=O)[C@H](C)/C=C(\C)[C@@H](O)[C@@H](OC)C(=O)[C@H](C)C[C@H](C)/C=C/C=C/C=C(\C)[C@@H](OC)C[C@@H]3CC[C@@H](C)[C@@](O)(O3)C(=O)C(=O)N3CCCC[C@H]3C(=O)O2)C[C@H]1OC)CC=C. The average Bonchev–Trinajstić information content (AvgIpc) is 1.61. The Morgan fingerprint density at radius 1 is 0.784 bits per heavy atom. The number of hydrogen-bond acceptors (Lipinski definition) is 24. The second-order valence-corrected chi connectivity index (χ2v) is 32.7. The number of piperidine rings is 1. The van der Waals surface area contributed by atoms with Gasteiger partial charge in [0.1, 0.15) is 54.6 Å². The van der Waals surface area contributed by atoms with E-state index in [9.17, 15) is 63.3 Å². The Kier molecular flexibility index (Phi) is 31.7. The van der Waals surface area contributed by atoms with Crippen molar-refractivity contribution in [1.82, 2.24) is 9.80 Å². The Hall–Kier alpha value is -7.52. The quantitative estimate of drug-likeness (QED) is 0.0240. The van der Waals surface area contributed by atoms with Crippen LogP contribution in [0, 0.1) is 52.3 Å². The van der Waals surface area contributed by atoms with E-state index in [1.54, 1.807) is 64.9 Å². The number of Topliss-reactive ketones (excluding diaryl/α,β-unsaturated/α-hetero) is 4. The van der Waals surface area contributed by atoms with Crippen LogP contribution >= 0.6 is 0 Å². The number of esters is 5. The number of ketones is 4. The van der Waals surface area contributed by atoms with E-state index < -0.39 is 166 Å². The van der Waals surface area contributed by atoms with Crippen LogP contribution in [0.2, 0.25) is 0 Å². The highest BCUT2D eigenvalue weighted by atomic mass is 16.6. The summed E-state index contributed by atoms with van der Waals surface area (Å²) in [6, 6.07) is -1.24. The third-order valence-electron chi connectivity index (χ3n) is 24.7. The number of methoxy groups -OCH3 is 4. The summed E-state index contributed by atoms with van der Waals surface area (Å²) in [5, 5.41) is 36.0. The first-order valence-corrected chi connectivity index (χ1v) is 39.8. The van der Waals surface area contributed by atoms with E-state index in [-0.39, 0.29) is 105 Å². The molecule has 111 heavy (non-hydrogen) atoms. The number of unbranched alkanes of at least 4 members (excludes halogenated alkanes) is 1. The minimum Gasteiger partial charge on any atom is -0.504 e. The fraction of sp³-hybridized carbons (Fsp3) is 0.674. The third kappa shape index (κ3) is 20.5. The largest absolute Gasteiger partial charge is 0.504 e. The summed E-state index contributed by atoms with van der Waals surface area (Å²) in [4.78, 5) is 145. The Balaban J connectivity index is 0.926. The summed E-state index contributed by atoms with van der Waals surface area (Å²) < 4.78 is 60.3. The van der Waals surface area contributed by atoms with Crippen molar-refractivity contribution in [2.24, 2.45) is 52.3 Å². The summed E-state index contributed by atoms with van der Waals surface area (Å²) >= 11 is 0. The number of carbonyl (C=O) groups is 10. The zero-order chi connectivity index (χ0) is 81.6. The predicted molar refractivity (Wildman–Crippen MR) is 410 cm³/mol. The normalized spacial score (nSPS) is 36.6. The van der Waals surface area contributed by atoms with Crippen molar-refractivity contribution in [3.8, 4) is 0 Å². The van der Waals surface area contributed by atoms with Gasteiger partial charge in [-0.3, -0.25) is 38.4 Å². The zero-order valence-corrected chi connectivity index (χ0v) is 67.7. The van der Waals surface area contributed by atoms with E-state index in [1.165, 1.54) is 34.5 Å². The molecule has 614 valence electrons. The van der Waals surface area contributed by atoms with E-state index in [2.05, 4.69) is 13.2 Å². The highest BCUT2D eigenvalue weighted by molar-refractivity contribution is 6.39. The molecule has 5 fully saturated rings. The van der Waals surface area contributed by atoms with E-state index in [0.717, 1.165) is 10.5 Å². The van der Waals surface area contributed by atoms with Gasteiger partial charge in [0.05, 0.1) is 35.9 Å². The first-order chi connectivity index (χ1) is 52.6. The smallest absolute Gasteiger partial charge is 0.340 e. The van der Waals surface area contributed by atoms with Crippen molar-refractivity contribution in [1.29, 1.82) is 0 Å². The molecule has 2 bridgehead atoms. The van der Waals surface area contributed by atoms with E-state index in [4.69, 9.17) is 47.4 Å². The summed E-state index contributed by atoms with van der Waals surface area (Å²) in [5.74, 6) is -13.4. The topological polar surface area (TPSA) is 330 Å². The summed E-state index contributed by atoms with van der Waals surface area (Å²) in [5.41, 5.74) is -0.645. The molecular weight excluding hydrogens is 1430 g/mol. The van der Waals surface area contributed by atoms with Crippen molar-refractivity contribution < 1.29 is 111 Å². The molecule has 4 aliphatic carbocycles. The molecule has 1 amide bonds. The summed E-state index contributed by atoms with van der Waals surface area (Å²) in [6.07, 6.45) is 12.5. The highest BCUT2D eigenvalue weighted by Gasteiger charge is 2.66. The number of cyclic esters (lactones) is 2. The highest BCUT2D eigenvalue weighted by Crippen LogP contribution is 2.64. The lowest BCUT2D eigenvalue weighted by atomic mass is 9.53. The number of nitrogens with zero attached hydrogens (tertiary/aromatic N) is 2. The number of rotatable bonds is 21.